The quantitative estimate of drug-likeness (QED) is 0.584. The van der Waals surface area contributed by atoms with Gasteiger partial charge in [0, 0.05) is 31.6 Å². The van der Waals surface area contributed by atoms with Crippen molar-refractivity contribution in [2.45, 2.75) is 13.3 Å². The highest BCUT2D eigenvalue weighted by Crippen LogP contribution is 2.11. The Morgan fingerprint density at radius 3 is 3.14 bits per heavy atom. The summed E-state index contributed by atoms with van der Waals surface area (Å²) in [6.45, 7) is 4.46. The Bertz CT molecular complexity index is 268. The van der Waals surface area contributed by atoms with Gasteiger partial charge in [-0.1, -0.05) is 11.6 Å². The monoisotopic (exact) mass is 214 g/mol. The van der Waals surface area contributed by atoms with Gasteiger partial charge in [0.05, 0.1) is 0 Å². The molecule has 3 nitrogen and oxygen atoms in total. The molecule has 0 bridgehead atoms. The number of anilines is 1. The van der Waals surface area contributed by atoms with Gasteiger partial charge in [-0.05, 0) is 25.5 Å². The molecule has 0 amide bonds. The predicted molar refractivity (Wildman–Crippen MR) is 58.8 cm³/mol. The zero-order valence-corrected chi connectivity index (χ0v) is 9.05. The molecule has 1 N–H and O–H groups in total. The predicted octanol–water partition coefficient (Wildman–Crippen LogP) is 2.57. The van der Waals surface area contributed by atoms with E-state index in [0.29, 0.717) is 5.15 Å². The summed E-state index contributed by atoms with van der Waals surface area (Å²) in [6.07, 6.45) is 2.68. The Kier molecular flexibility index (Phi) is 5.33. The van der Waals surface area contributed by atoms with Gasteiger partial charge in [-0.2, -0.15) is 0 Å². The minimum atomic E-state index is 0.514. The first kappa shape index (κ1) is 11.3. The molecular weight excluding hydrogens is 200 g/mol. The zero-order valence-electron chi connectivity index (χ0n) is 8.29. The third-order valence-corrected chi connectivity index (χ3v) is 1.93. The fourth-order valence-corrected chi connectivity index (χ4v) is 1.24. The maximum absolute atomic E-state index is 5.73. The van der Waals surface area contributed by atoms with Crippen molar-refractivity contribution in [1.29, 1.82) is 0 Å². The molecule has 0 atom stereocenters. The number of rotatable bonds is 6. The van der Waals surface area contributed by atoms with E-state index in [1.54, 1.807) is 6.20 Å². The van der Waals surface area contributed by atoms with Gasteiger partial charge in [-0.3, -0.25) is 0 Å². The maximum atomic E-state index is 5.73. The van der Waals surface area contributed by atoms with E-state index in [9.17, 15) is 0 Å². The number of hydrogen-bond donors (Lipinski definition) is 1. The molecular formula is C10H15ClN2O. The molecule has 0 aliphatic carbocycles. The SMILES string of the molecule is CCOCCCNc1ccnc(Cl)c1. The Balaban J connectivity index is 2.18. The molecule has 0 fully saturated rings. The summed E-state index contributed by atoms with van der Waals surface area (Å²) in [4.78, 5) is 3.90. The molecule has 0 unspecified atom stereocenters. The van der Waals surface area contributed by atoms with Crippen LogP contribution in [-0.2, 0) is 4.74 Å². The van der Waals surface area contributed by atoms with Crippen LogP contribution in [0.25, 0.3) is 0 Å². The zero-order chi connectivity index (χ0) is 10.2. The Morgan fingerprint density at radius 1 is 1.57 bits per heavy atom. The van der Waals surface area contributed by atoms with E-state index in [2.05, 4.69) is 10.3 Å². The number of aromatic nitrogens is 1. The molecule has 4 heteroatoms. The van der Waals surface area contributed by atoms with E-state index in [1.165, 1.54) is 0 Å². The van der Waals surface area contributed by atoms with Gasteiger partial charge in [0.25, 0.3) is 0 Å². The molecule has 14 heavy (non-hydrogen) atoms. The summed E-state index contributed by atoms with van der Waals surface area (Å²) in [6, 6.07) is 3.70. The number of nitrogens with zero attached hydrogens (tertiary/aromatic N) is 1. The molecule has 0 saturated heterocycles. The molecule has 78 valence electrons. The van der Waals surface area contributed by atoms with Gasteiger partial charge in [0.1, 0.15) is 5.15 Å². The molecule has 0 aromatic carbocycles. The van der Waals surface area contributed by atoms with Crippen molar-refractivity contribution in [2.24, 2.45) is 0 Å². The number of halogens is 1. The standard InChI is InChI=1S/C10H15ClN2O/c1-2-14-7-3-5-12-9-4-6-13-10(11)8-9/h4,6,8H,2-3,5,7H2,1H3,(H,12,13). The first-order valence-electron chi connectivity index (χ1n) is 4.76. The minimum absolute atomic E-state index is 0.514. The van der Waals surface area contributed by atoms with Gasteiger partial charge < -0.3 is 10.1 Å². The average Bonchev–Trinajstić information content (AvgIpc) is 2.18. The highest BCUT2D eigenvalue weighted by atomic mass is 35.5. The molecule has 0 spiro atoms. The lowest BCUT2D eigenvalue weighted by atomic mass is 10.4. The van der Waals surface area contributed by atoms with Crippen molar-refractivity contribution < 1.29 is 4.74 Å². The van der Waals surface area contributed by atoms with Crippen LogP contribution in [-0.4, -0.2) is 24.7 Å². The van der Waals surface area contributed by atoms with Crippen molar-refractivity contribution in [3.8, 4) is 0 Å². The van der Waals surface area contributed by atoms with Crippen molar-refractivity contribution in [3.63, 3.8) is 0 Å². The van der Waals surface area contributed by atoms with Crippen LogP contribution in [0.4, 0.5) is 5.69 Å². The average molecular weight is 215 g/mol. The lowest BCUT2D eigenvalue weighted by molar-refractivity contribution is 0.147. The van der Waals surface area contributed by atoms with E-state index >= 15 is 0 Å². The van der Waals surface area contributed by atoms with E-state index in [4.69, 9.17) is 16.3 Å². The van der Waals surface area contributed by atoms with Gasteiger partial charge in [-0.15, -0.1) is 0 Å². The van der Waals surface area contributed by atoms with Crippen LogP contribution in [0.15, 0.2) is 18.3 Å². The van der Waals surface area contributed by atoms with E-state index in [1.807, 2.05) is 19.1 Å². The normalized spacial score (nSPS) is 10.1. The number of pyridine rings is 1. The second-order valence-electron chi connectivity index (χ2n) is 2.84. The molecule has 0 aliphatic rings. The van der Waals surface area contributed by atoms with Crippen LogP contribution in [0.1, 0.15) is 13.3 Å². The minimum Gasteiger partial charge on any atom is -0.385 e. The molecule has 1 aromatic rings. The van der Waals surface area contributed by atoms with Crippen molar-refractivity contribution in [2.75, 3.05) is 25.1 Å². The highest BCUT2D eigenvalue weighted by molar-refractivity contribution is 6.29. The number of hydrogen-bond acceptors (Lipinski definition) is 3. The molecule has 0 aliphatic heterocycles. The Labute approximate surface area is 89.4 Å². The largest absolute Gasteiger partial charge is 0.385 e. The molecule has 1 heterocycles. The third kappa shape index (κ3) is 4.44. The van der Waals surface area contributed by atoms with Crippen molar-refractivity contribution in [1.82, 2.24) is 4.98 Å². The van der Waals surface area contributed by atoms with Crippen LogP contribution in [0.3, 0.4) is 0 Å². The van der Waals surface area contributed by atoms with E-state index < -0.39 is 0 Å². The van der Waals surface area contributed by atoms with Crippen LogP contribution >= 0.6 is 11.6 Å². The summed E-state index contributed by atoms with van der Waals surface area (Å²) in [5, 5.41) is 3.75. The van der Waals surface area contributed by atoms with Gasteiger partial charge in [0.15, 0.2) is 0 Å². The van der Waals surface area contributed by atoms with Crippen LogP contribution in [0.5, 0.6) is 0 Å². The molecule has 0 saturated carbocycles. The number of ether oxygens (including phenoxy) is 1. The van der Waals surface area contributed by atoms with Crippen LogP contribution in [0.2, 0.25) is 5.15 Å². The molecule has 1 rings (SSSR count). The summed E-state index contributed by atoms with van der Waals surface area (Å²) in [5.41, 5.74) is 1.00. The Hall–Kier alpha value is -0.800. The number of nitrogens with one attached hydrogen (secondary N) is 1. The fraction of sp³-hybridized carbons (Fsp3) is 0.500. The van der Waals surface area contributed by atoms with Crippen molar-refractivity contribution >= 4 is 17.3 Å². The summed E-state index contributed by atoms with van der Waals surface area (Å²) in [7, 11) is 0. The van der Waals surface area contributed by atoms with Crippen LogP contribution < -0.4 is 5.32 Å². The summed E-state index contributed by atoms with van der Waals surface area (Å²) < 4.78 is 5.22. The summed E-state index contributed by atoms with van der Waals surface area (Å²) in [5.74, 6) is 0. The second-order valence-corrected chi connectivity index (χ2v) is 3.23. The fourth-order valence-electron chi connectivity index (χ4n) is 1.06. The lowest BCUT2D eigenvalue weighted by Crippen LogP contribution is -2.05. The smallest absolute Gasteiger partial charge is 0.131 e. The summed E-state index contributed by atoms with van der Waals surface area (Å²) >= 11 is 5.73. The van der Waals surface area contributed by atoms with Crippen molar-refractivity contribution in [3.05, 3.63) is 23.5 Å². The Morgan fingerprint density at radius 2 is 2.43 bits per heavy atom. The molecule has 0 radical (unpaired) electrons. The maximum Gasteiger partial charge on any atom is 0.131 e. The highest BCUT2D eigenvalue weighted by Gasteiger charge is 1.93. The first-order valence-corrected chi connectivity index (χ1v) is 5.14. The lowest BCUT2D eigenvalue weighted by Gasteiger charge is -2.05. The topological polar surface area (TPSA) is 34.1 Å². The van der Waals surface area contributed by atoms with E-state index in [-0.39, 0.29) is 0 Å². The molecule has 1 aromatic heterocycles. The second kappa shape index (κ2) is 6.62. The van der Waals surface area contributed by atoms with Crippen LogP contribution in [0, 0.1) is 0 Å². The van der Waals surface area contributed by atoms with Gasteiger partial charge in [-0.25, -0.2) is 4.98 Å². The van der Waals surface area contributed by atoms with E-state index in [0.717, 1.165) is 31.9 Å². The third-order valence-electron chi connectivity index (χ3n) is 1.73. The first-order chi connectivity index (χ1) is 6.83. The van der Waals surface area contributed by atoms with Gasteiger partial charge in [0.2, 0.25) is 0 Å². The van der Waals surface area contributed by atoms with Gasteiger partial charge >= 0.3 is 0 Å².